The molecular weight excluding hydrogens is 463 g/mol. The number of ether oxygens (including phenoxy) is 2. The maximum absolute atomic E-state index is 12.0. The van der Waals surface area contributed by atoms with E-state index in [4.69, 9.17) is 9.47 Å². The second kappa shape index (κ2) is 15.3. The van der Waals surface area contributed by atoms with Gasteiger partial charge in [-0.1, -0.05) is 32.4 Å². The smallest absolute Gasteiger partial charge is 0.414 e. The molecule has 0 unspecified atom stereocenters. The predicted octanol–water partition coefficient (Wildman–Crippen LogP) is 6.40. The van der Waals surface area contributed by atoms with Crippen LogP contribution in [0.2, 0.25) is 0 Å². The summed E-state index contributed by atoms with van der Waals surface area (Å²) >= 11 is 0. The Morgan fingerprint density at radius 3 is 2.29 bits per heavy atom. The fourth-order valence-corrected chi connectivity index (χ4v) is 2.28. The number of methoxy groups -OCH3 is 1. The molecule has 0 saturated heterocycles. The van der Waals surface area contributed by atoms with E-state index >= 15 is 0 Å². The van der Waals surface area contributed by atoms with E-state index in [1.54, 1.807) is 14.2 Å². The first kappa shape index (κ1) is 29.5. The summed E-state index contributed by atoms with van der Waals surface area (Å²) in [4.78, 5) is 13.5. The Bertz CT molecular complexity index is 767. The Morgan fingerprint density at radius 1 is 1.19 bits per heavy atom. The minimum Gasteiger partial charge on any atom is -0.443 e. The fraction of sp³-hybridized carbons (Fsp3) is 0.423. The van der Waals surface area contributed by atoms with Crippen molar-refractivity contribution in [2.75, 3.05) is 25.7 Å². The first-order chi connectivity index (χ1) is 14.2. The van der Waals surface area contributed by atoms with Crippen molar-refractivity contribution in [2.24, 2.45) is 5.92 Å². The molecule has 2 rings (SSSR count). The van der Waals surface area contributed by atoms with E-state index in [2.05, 4.69) is 26.0 Å². The second-order valence-electron chi connectivity index (χ2n) is 8.16. The van der Waals surface area contributed by atoms with Gasteiger partial charge in [0.2, 0.25) is 0 Å². The van der Waals surface area contributed by atoms with E-state index in [-0.39, 0.29) is 38.8 Å². The Balaban J connectivity index is 0.000000975. The van der Waals surface area contributed by atoms with Gasteiger partial charge in [-0.15, -0.1) is 18.2 Å². The third-order valence-electron chi connectivity index (χ3n) is 4.20. The zero-order valence-electron chi connectivity index (χ0n) is 19.9. The van der Waals surface area contributed by atoms with Gasteiger partial charge in [0.25, 0.3) is 0 Å². The third kappa shape index (κ3) is 12.8. The molecule has 0 aliphatic heterocycles. The molecule has 167 valence electrons. The topological polar surface area (TPSA) is 38.8 Å². The van der Waals surface area contributed by atoms with E-state index in [1.165, 1.54) is 11.3 Å². The molecule has 0 N–H and O–H groups in total. The van der Waals surface area contributed by atoms with Crippen LogP contribution in [0.4, 0.5) is 10.5 Å². The van der Waals surface area contributed by atoms with Gasteiger partial charge in [0, 0.05) is 59.2 Å². The van der Waals surface area contributed by atoms with Gasteiger partial charge < -0.3 is 9.47 Å². The van der Waals surface area contributed by atoms with Crippen molar-refractivity contribution in [1.82, 2.24) is 0 Å². The Morgan fingerprint density at radius 2 is 1.84 bits per heavy atom. The van der Waals surface area contributed by atoms with Crippen LogP contribution < -0.4 is 4.90 Å². The number of amides is 1. The average Bonchev–Trinajstić information content (AvgIpc) is 2.72. The van der Waals surface area contributed by atoms with Crippen LogP contribution in [0.15, 0.2) is 48.5 Å². The summed E-state index contributed by atoms with van der Waals surface area (Å²) in [5.41, 5.74) is 2.18. The molecule has 4 nitrogen and oxygen atoms in total. The first-order valence-electron chi connectivity index (χ1n) is 10.3. The molecule has 0 fully saturated rings. The number of nitrogens with zero attached hydrogens (tertiary/aromatic N) is 1. The Kier molecular flexibility index (Phi) is 14.6. The van der Waals surface area contributed by atoms with Crippen molar-refractivity contribution in [3.8, 4) is 0 Å². The normalized spacial score (nSPS) is 11.7. The average molecular weight is 498 g/mol. The summed E-state index contributed by atoms with van der Waals surface area (Å²) in [5, 5.41) is 0. The van der Waals surface area contributed by atoms with Gasteiger partial charge in [-0.2, -0.15) is 35.9 Å². The number of benzene rings is 2. The Labute approximate surface area is 213 Å². The van der Waals surface area contributed by atoms with Gasteiger partial charge in [0.05, 0.1) is 0 Å². The van der Waals surface area contributed by atoms with E-state index in [1.807, 2.05) is 75.4 Å². The van der Waals surface area contributed by atoms with Crippen LogP contribution in [0, 0.1) is 18.1 Å². The van der Waals surface area contributed by atoms with Crippen LogP contribution in [0.1, 0.15) is 52.2 Å². The number of hydrogen-bond donors (Lipinski definition) is 0. The summed E-state index contributed by atoms with van der Waals surface area (Å²) in [5.74, 6) is 0.727. The van der Waals surface area contributed by atoms with Crippen molar-refractivity contribution in [3.63, 3.8) is 0 Å². The molecule has 1 amide bonds. The van der Waals surface area contributed by atoms with Crippen molar-refractivity contribution in [1.29, 1.82) is 0 Å². The number of anilines is 1. The zero-order chi connectivity index (χ0) is 22.6. The molecule has 0 saturated carbocycles. The van der Waals surface area contributed by atoms with E-state index in [0.29, 0.717) is 0 Å². The summed E-state index contributed by atoms with van der Waals surface area (Å²) < 4.78 is 10.2. The fourth-order valence-electron chi connectivity index (χ4n) is 2.28. The summed E-state index contributed by atoms with van der Waals surface area (Å²) in [6.45, 7) is 10.8. The summed E-state index contributed by atoms with van der Waals surface area (Å²) in [7, 11) is 3.44. The number of rotatable bonds is 6. The number of hydrogen-bond acceptors (Lipinski definition) is 3. The molecular formula is C26H35NO3Y-2. The number of carbonyl (C=O) groups is 1. The molecule has 5 heteroatoms. The van der Waals surface area contributed by atoms with E-state index in [9.17, 15) is 4.79 Å². The maximum atomic E-state index is 12.0. The van der Waals surface area contributed by atoms with Gasteiger partial charge >= 0.3 is 6.09 Å². The standard InChI is InChI=1S/C20H21NO2.C6H14O.Y/c1-20(2,3)23-19(22)21(4)18-14-12-17(13-15-18)11-10-16-8-6-5-7-9-16;1-4-6(2)5-7-3;/h5-8,10,12-15H,1-4H3;6H,4-5H2,1-3H3;/q-2;;/t;6-;/m.0./s1. The predicted molar refractivity (Wildman–Crippen MR) is 124 cm³/mol. The largest absolute Gasteiger partial charge is 0.443 e. The molecule has 0 spiro atoms. The van der Waals surface area contributed by atoms with Crippen LogP contribution in [0.3, 0.4) is 0 Å². The van der Waals surface area contributed by atoms with Crippen LogP contribution in [0.25, 0.3) is 6.08 Å². The molecule has 0 aromatic heterocycles. The third-order valence-corrected chi connectivity index (χ3v) is 4.20. The van der Waals surface area contributed by atoms with Gasteiger partial charge in [0.15, 0.2) is 0 Å². The van der Waals surface area contributed by atoms with Crippen LogP contribution >= 0.6 is 0 Å². The van der Waals surface area contributed by atoms with E-state index in [0.717, 1.165) is 29.3 Å². The van der Waals surface area contributed by atoms with Crippen LogP contribution in [0.5, 0.6) is 0 Å². The molecule has 0 heterocycles. The monoisotopic (exact) mass is 498 g/mol. The molecule has 31 heavy (non-hydrogen) atoms. The maximum Gasteiger partial charge on any atom is 0.414 e. The van der Waals surface area contributed by atoms with Crippen LogP contribution in [-0.4, -0.2) is 32.5 Å². The molecule has 0 aliphatic rings. The first-order valence-corrected chi connectivity index (χ1v) is 10.3. The number of carbonyl (C=O) groups excluding carboxylic acids is 1. The van der Waals surface area contributed by atoms with Crippen molar-refractivity contribution >= 4 is 17.9 Å². The van der Waals surface area contributed by atoms with Crippen molar-refractivity contribution in [3.05, 3.63) is 71.8 Å². The van der Waals surface area contributed by atoms with Gasteiger partial charge in [-0.25, -0.2) is 16.4 Å². The van der Waals surface area contributed by atoms with Gasteiger partial charge in [-0.05, 0) is 26.7 Å². The summed E-state index contributed by atoms with van der Waals surface area (Å²) in [6.07, 6.45) is 5.93. The van der Waals surface area contributed by atoms with Crippen molar-refractivity contribution in [2.45, 2.75) is 46.6 Å². The second-order valence-corrected chi connectivity index (χ2v) is 8.16. The van der Waals surface area contributed by atoms with E-state index < -0.39 is 5.60 Å². The molecule has 1 radical (unpaired) electrons. The Hall–Kier alpha value is -1.49. The molecule has 0 aliphatic carbocycles. The molecule has 2 aromatic carbocycles. The molecule has 0 bridgehead atoms. The zero-order valence-corrected chi connectivity index (χ0v) is 22.8. The summed E-state index contributed by atoms with van der Waals surface area (Å²) in [6, 6.07) is 18.4. The van der Waals surface area contributed by atoms with Gasteiger partial charge in [0.1, 0.15) is 5.60 Å². The SMILES string of the molecule is CC[C@H](C)COC.CN(C(=O)OC(C)(C)C)c1ccc([C-]=Cc2[c-]cccc2)cc1.[Y]. The van der Waals surface area contributed by atoms with Crippen molar-refractivity contribution < 1.29 is 47.0 Å². The van der Waals surface area contributed by atoms with Gasteiger partial charge in [-0.3, -0.25) is 4.90 Å². The molecule has 1 atom stereocenters. The quantitative estimate of drug-likeness (QED) is 0.342. The molecule has 2 aromatic rings. The minimum absolute atomic E-state index is 0. The van der Waals surface area contributed by atoms with Crippen LogP contribution in [-0.2, 0) is 42.2 Å². The minimum atomic E-state index is -0.506.